The van der Waals surface area contributed by atoms with Crippen molar-refractivity contribution in [3.8, 4) is 5.75 Å². The number of esters is 1. The highest BCUT2D eigenvalue weighted by atomic mass is 16.5. The van der Waals surface area contributed by atoms with Gasteiger partial charge in [0.05, 0.1) is 12.1 Å². The number of fused-ring (bicyclic) bond motifs is 1. The number of rotatable bonds is 6. The van der Waals surface area contributed by atoms with Gasteiger partial charge in [-0.05, 0) is 36.4 Å². The van der Waals surface area contributed by atoms with Crippen molar-refractivity contribution >= 4 is 35.1 Å². The van der Waals surface area contributed by atoms with Gasteiger partial charge in [0.2, 0.25) is 0 Å². The molecule has 0 bridgehead atoms. The molecule has 0 aliphatic carbocycles. The number of ether oxygens (including phenoxy) is 2. The molecule has 0 aromatic heterocycles. The van der Waals surface area contributed by atoms with E-state index < -0.39 is 30.5 Å². The Morgan fingerprint density at radius 3 is 2.55 bits per heavy atom. The Balaban J connectivity index is 1.46. The Labute approximate surface area is 166 Å². The van der Waals surface area contributed by atoms with E-state index in [1.165, 1.54) is 7.05 Å². The van der Waals surface area contributed by atoms with Gasteiger partial charge in [-0.1, -0.05) is 12.1 Å². The number of hydrogen-bond donors (Lipinski definition) is 3. The lowest BCUT2D eigenvalue weighted by Gasteiger charge is -2.25. The van der Waals surface area contributed by atoms with Gasteiger partial charge in [0, 0.05) is 18.3 Å². The third-order valence-corrected chi connectivity index (χ3v) is 4.08. The fourth-order valence-electron chi connectivity index (χ4n) is 2.63. The third-order valence-electron chi connectivity index (χ3n) is 4.08. The van der Waals surface area contributed by atoms with Crippen LogP contribution in [0.5, 0.6) is 5.75 Å². The zero-order valence-corrected chi connectivity index (χ0v) is 15.6. The molecule has 2 aromatic rings. The minimum atomic E-state index is -1.03. The van der Waals surface area contributed by atoms with E-state index in [2.05, 4.69) is 16.0 Å². The Kier molecular flexibility index (Phi) is 6.08. The van der Waals surface area contributed by atoms with E-state index in [1.807, 2.05) is 0 Å². The van der Waals surface area contributed by atoms with E-state index in [4.69, 9.17) is 9.47 Å². The van der Waals surface area contributed by atoms with E-state index in [0.29, 0.717) is 22.7 Å². The largest absolute Gasteiger partial charge is 0.478 e. The van der Waals surface area contributed by atoms with Crippen LogP contribution < -0.4 is 20.7 Å². The fourth-order valence-corrected chi connectivity index (χ4v) is 2.63. The van der Waals surface area contributed by atoms with Crippen LogP contribution in [0.2, 0.25) is 0 Å². The van der Waals surface area contributed by atoms with Crippen LogP contribution in [0, 0.1) is 0 Å². The summed E-state index contributed by atoms with van der Waals surface area (Å²) in [6.07, 6.45) is -1.36. The standard InChI is InChI=1S/C20H19N3O6/c1-21-19(26)12-6-8-13(9-7-12)22-17(24)11-28-18(25)10-16-20(27)23-14-4-2-3-5-15(14)29-16/h2-9,16H,10-11H2,1H3,(H,21,26)(H,22,24)(H,23,27)/t16-/m1/s1. The summed E-state index contributed by atoms with van der Waals surface area (Å²) in [7, 11) is 1.52. The molecule has 3 N–H and O–H groups in total. The highest BCUT2D eigenvalue weighted by Crippen LogP contribution is 2.29. The Morgan fingerprint density at radius 2 is 1.83 bits per heavy atom. The van der Waals surface area contributed by atoms with Gasteiger partial charge in [-0.25, -0.2) is 0 Å². The summed E-state index contributed by atoms with van der Waals surface area (Å²) in [5.41, 5.74) is 1.43. The molecule has 2 aromatic carbocycles. The molecule has 1 atom stereocenters. The molecule has 3 amide bonds. The lowest BCUT2D eigenvalue weighted by molar-refractivity contribution is -0.150. The Morgan fingerprint density at radius 1 is 1.10 bits per heavy atom. The van der Waals surface area contributed by atoms with Crippen LogP contribution >= 0.6 is 0 Å². The van der Waals surface area contributed by atoms with Crippen LogP contribution in [0.25, 0.3) is 0 Å². The molecular weight excluding hydrogens is 378 g/mol. The number of amides is 3. The number of benzene rings is 2. The lowest BCUT2D eigenvalue weighted by Crippen LogP contribution is -2.39. The molecule has 0 saturated carbocycles. The maximum absolute atomic E-state index is 12.0. The molecule has 1 heterocycles. The molecule has 9 heteroatoms. The van der Waals surface area contributed by atoms with Gasteiger partial charge in [-0.15, -0.1) is 0 Å². The predicted molar refractivity (Wildman–Crippen MR) is 104 cm³/mol. The summed E-state index contributed by atoms with van der Waals surface area (Å²) in [5.74, 6) is -1.53. The second kappa shape index (κ2) is 8.87. The first-order chi connectivity index (χ1) is 14.0. The normalized spacial score (nSPS) is 14.7. The van der Waals surface area contributed by atoms with Crippen molar-refractivity contribution in [3.05, 3.63) is 54.1 Å². The maximum atomic E-state index is 12.0. The Bertz CT molecular complexity index is 941. The second-order valence-corrected chi connectivity index (χ2v) is 6.16. The molecule has 3 rings (SSSR count). The molecule has 29 heavy (non-hydrogen) atoms. The highest BCUT2D eigenvalue weighted by molar-refractivity contribution is 6.00. The number of carbonyl (C=O) groups excluding carboxylic acids is 4. The fraction of sp³-hybridized carbons (Fsp3) is 0.200. The molecule has 1 aliphatic heterocycles. The van der Waals surface area contributed by atoms with Crippen molar-refractivity contribution in [2.45, 2.75) is 12.5 Å². The smallest absolute Gasteiger partial charge is 0.310 e. The van der Waals surface area contributed by atoms with Crippen LogP contribution in [0.15, 0.2) is 48.5 Å². The van der Waals surface area contributed by atoms with Crippen LogP contribution in [0.4, 0.5) is 11.4 Å². The monoisotopic (exact) mass is 397 g/mol. The summed E-state index contributed by atoms with van der Waals surface area (Å²) in [6, 6.07) is 13.1. The number of carbonyl (C=O) groups is 4. The summed E-state index contributed by atoms with van der Waals surface area (Å²) in [4.78, 5) is 47.4. The summed E-state index contributed by atoms with van der Waals surface area (Å²) >= 11 is 0. The van der Waals surface area contributed by atoms with Gasteiger partial charge in [-0.2, -0.15) is 0 Å². The van der Waals surface area contributed by atoms with Crippen LogP contribution in [0.1, 0.15) is 16.8 Å². The maximum Gasteiger partial charge on any atom is 0.310 e. The van der Waals surface area contributed by atoms with E-state index in [-0.39, 0.29) is 12.3 Å². The lowest BCUT2D eigenvalue weighted by atomic mass is 10.1. The average molecular weight is 397 g/mol. The minimum absolute atomic E-state index is 0.242. The van der Waals surface area contributed by atoms with Gasteiger partial charge in [-0.3, -0.25) is 19.2 Å². The first-order valence-electron chi connectivity index (χ1n) is 8.80. The summed E-state index contributed by atoms with van der Waals surface area (Å²) in [6.45, 7) is -0.513. The molecule has 0 fully saturated rings. The SMILES string of the molecule is CNC(=O)c1ccc(NC(=O)COC(=O)C[C@H]2Oc3ccccc3NC2=O)cc1. The molecule has 1 aliphatic rings. The van der Waals surface area contributed by atoms with Crippen molar-refractivity contribution in [1.29, 1.82) is 0 Å². The van der Waals surface area contributed by atoms with E-state index in [9.17, 15) is 19.2 Å². The second-order valence-electron chi connectivity index (χ2n) is 6.16. The van der Waals surface area contributed by atoms with Gasteiger partial charge >= 0.3 is 5.97 Å². The first-order valence-corrected chi connectivity index (χ1v) is 8.80. The van der Waals surface area contributed by atoms with E-state index in [0.717, 1.165) is 0 Å². The molecule has 0 unspecified atom stereocenters. The molecule has 0 radical (unpaired) electrons. The number of hydrogen-bond acceptors (Lipinski definition) is 6. The van der Waals surface area contributed by atoms with Gasteiger partial charge in [0.15, 0.2) is 12.7 Å². The van der Waals surface area contributed by atoms with Gasteiger partial charge in [0.1, 0.15) is 5.75 Å². The molecule has 9 nitrogen and oxygen atoms in total. The average Bonchev–Trinajstić information content (AvgIpc) is 2.73. The van der Waals surface area contributed by atoms with Crippen LogP contribution in [-0.2, 0) is 19.1 Å². The van der Waals surface area contributed by atoms with Crippen molar-refractivity contribution in [1.82, 2.24) is 5.32 Å². The number of nitrogens with one attached hydrogen (secondary N) is 3. The minimum Gasteiger partial charge on any atom is -0.478 e. The van der Waals surface area contributed by atoms with Gasteiger partial charge in [0.25, 0.3) is 17.7 Å². The van der Waals surface area contributed by atoms with Crippen molar-refractivity contribution < 1.29 is 28.7 Å². The zero-order valence-electron chi connectivity index (χ0n) is 15.6. The predicted octanol–water partition coefficient (Wildman–Crippen LogP) is 1.32. The van der Waals surface area contributed by atoms with Crippen LogP contribution in [0.3, 0.4) is 0 Å². The molecule has 0 spiro atoms. The summed E-state index contributed by atoms with van der Waals surface area (Å²) < 4.78 is 10.4. The number of para-hydroxylation sites is 2. The van der Waals surface area contributed by atoms with Gasteiger partial charge < -0.3 is 25.4 Å². The zero-order chi connectivity index (χ0) is 20.8. The third kappa shape index (κ3) is 5.10. The quantitative estimate of drug-likeness (QED) is 0.632. The van der Waals surface area contributed by atoms with Crippen molar-refractivity contribution in [2.24, 2.45) is 0 Å². The Hall–Kier alpha value is -3.88. The number of anilines is 2. The summed E-state index contributed by atoms with van der Waals surface area (Å²) in [5, 5.41) is 7.69. The molecule has 150 valence electrons. The molecule has 0 saturated heterocycles. The first kappa shape index (κ1) is 19.9. The molecular formula is C20H19N3O6. The highest BCUT2D eigenvalue weighted by Gasteiger charge is 2.30. The van der Waals surface area contributed by atoms with E-state index in [1.54, 1.807) is 48.5 Å². The topological polar surface area (TPSA) is 123 Å². The van der Waals surface area contributed by atoms with E-state index >= 15 is 0 Å². The van der Waals surface area contributed by atoms with Crippen molar-refractivity contribution in [2.75, 3.05) is 24.3 Å². The van der Waals surface area contributed by atoms with Crippen molar-refractivity contribution in [3.63, 3.8) is 0 Å². The van der Waals surface area contributed by atoms with Crippen LogP contribution in [-0.4, -0.2) is 43.4 Å².